The maximum atomic E-state index is 14.3. The van der Waals surface area contributed by atoms with E-state index in [1.165, 1.54) is 19.2 Å². The Morgan fingerprint density at radius 1 is 1.00 bits per heavy atom. The summed E-state index contributed by atoms with van der Waals surface area (Å²) < 4.78 is 25.3. The van der Waals surface area contributed by atoms with Gasteiger partial charge in [-0.3, -0.25) is 4.79 Å². The van der Waals surface area contributed by atoms with Crippen LogP contribution in [0.15, 0.2) is 66.9 Å². The number of aliphatic carboxylic acids is 1. The van der Waals surface area contributed by atoms with Gasteiger partial charge in [-0.05, 0) is 46.5 Å². The minimum absolute atomic E-state index is 0.00330. The lowest BCUT2D eigenvalue weighted by Gasteiger charge is -2.18. The number of carboxylic acid groups (broad SMARTS) is 1. The molecule has 2 N–H and O–H groups in total. The molecule has 184 valence electrons. The van der Waals surface area contributed by atoms with E-state index < -0.39 is 23.7 Å². The Balaban J connectivity index is 1.74. The number of pyridine rings is 1. The number of ether oxygens (including phenoxy) is 2. The molecule has 0 aliphatic carbocycles. The quantitative estimate of drug-likeness (QED) is 0.370. The van der Waals surface area contributed by atoms with Gasteiger partial charge < -0.3 is 19.9 Å². The molecule has 7 nitrogen and oxygen atoms in total. The van der Waals surface area contributed by atoms with Gasteiger partial charge in [0.1, 0.15) is 17.6 Å². The number of hydrogen-bond acceptors (Lipinski definition) is 5. The molecule has 0 saturated carbocycles. The van der Waals surface area contributed by atoms with Crippen molar-refractivity contribution in [1.82, 2.24) is 10.3 Å². The van der Waals surface area contributed by atoms with E-state index in [1.54, 1.807) is 38.4 Å². The smallest absolute Gasteiger partial charge is 0.326 e. The lowest BCUT2D eigenvalue weighted by Crippen LogP contribution is -2.42. The minimum atomic E-state index is -1.27. The molecule has 0 bridgehead atoms. The van der Waals surface area contributed by atoms with Crippen LogP contribution in [0, 0.1) is 12.7 Å². The van der Waals surface area contributed by atoms with Gasteiger partial charge in [-0.2, -0.15) is 0 Å². The zero-order valence-electron chi connectivity index (χ0n) is 20.0. The predicted octanol–water partition coefficient (Wildman–Crippen LogP) is 4.79. The van der Waals surface area contributed by atoms with Gasteiger partial charge in [0.25, 0.3) is 5.91 Å². The molecule has 1 aromatic heterocycles. The summed E-state index contributed by atoms with van der Waals surface area (Å²) in [6.45, 7) is 1.60. The van der Waals surface area contributed by atoms with Crippen LogP contribution in [0.25, 0.3) is 21.9 Å². The van der Waals surface area contributed by atoms with Crippen LogP contribution in [0.2, 0.25) is 0 Å². The van der Waals surface area contributed by atoms with Gasteiger partial charge in [-0.1, -0.05) is 48.5 Å². The van der Waals surface area contributed by atoms with E-state index in [4.69, 9.17) is 9.47 Å². The molecule has 3 aromatic carbocycles. The van der Waals surface area contributed by atoms with E-state index in [1.807, 2.05) is 30.3 Å². The Morgan fingerprint density at radius 2 is 1.72 bits per heavy atom. The largest absolute Gasteiger partial charge is 0.496 e. The first-order valence-corrected chi connectivity index (χ1v) is 11.2. The Bertz CT molecular complexity index is 1410. The molecule has 0 radical (unpaired) electrons. The van der Waals surface area contributed by atoms with E-state index in [2.05, 4.69) is 10.3 Å². The molecule has 8 heteroatoms. The van der Waals surface area contributed by atoms with Crippen LogP contribution in [0.1, 0.15) is 21.5 Å². The van der Waals surface area contributed by atoms with E-state index in [0.717, 1.165) is 16.3 Å². The number of rotatable bonds is 8. The predicted molar refractivity (Wildman–Crippen MR) is 134 cm³/mol. The summed E-state index contributed by atoms with van der Waals surface area (Å²) in [5.41, 5.74) is 2.43. The summed E-state index contributed by atoms with van der Waals surface area (Å²) in [5, 5.41) is 14.0. The maximum absolute atomic E-state index is 14.3. The summed E-state index contributed by atoms with van der Waals surface area (Å²) in [7, 11) is 3.09. The Kier molecular flexibility index (Phi) is 7.15. The van der Waals surface area contributed by atoms with Crippen molar-refractivity contribution < 1.29 is 28.6 Å². The first-order chi connectivity index (χ1) is 17.3. The van der Waals surface area contributed by atoms with Crippen LogP contribution in [0.3, 0.4) is 0 Å². The normalized spacial score (nSPS) is 11.7. The lowest BCUT2D eigenvalue weighted by atomic mass is 9.93. The highest BCUT2D eigenvalue weighted by Gasteiger charge is 2.25. The number of fused-ring (bicyclic) bond motifs is 1. The lowest BCUT2D eigenvalue weighted by molar-refractivity contribution is -0.139. The number of carboxylic acids is 1. The average molecular weight is 489 g/mol. The zero-order chi connectivity index (χ0) is 25.8. The monoisotopic (exact) mass is 488 g/mol. The van der Waals surface area contributed by atoms with Crippen molar-refractivity contribution in [2.75, 3.05) is 14.2 Å². The Labute approximate surface area is 207 Å². The second kappa shape index (κ2) is 10.4. The molecule has 0 aliphatic rings. The molecule has 1 atom stereocenters. The highest BCUT2D eigenvalue weighted by Crippen LogP contribution is 2.40. The molecule has 4 aromatic rings. The number of nitrogens with one attached hydrogen (secondary N) is 1. The topological polar surface area (TPSA) is 97.8 Å². The van der Waals surface area contributed by atoms with Crippen LogP contribution >= 0.6 is 0 Å². The fourth-order valence-corrected chi connectivity index (χ4v) is 4.34. The number of benzene rings is 3. The van der Waals surface area contributed by atoms with Crippen LogP contribution in [-0.2, 0) is 11.2 Å². The molecule has 1 heterocycles. The number of aromatic nitrogens is 1. The van der Waals surface area contributed by atoms with Crippen LogP contribution < -0.4 is 14.8 Å². The van der Waals surface area contributed by atoms with Crippen molar-refractivity contribution in [3.8, 4) is 22.8 Å². The van der Waals surface area contributed by atoms with Gasteiger partial charge in [0, 0.05) is 12.6 Å². The van der Waals surface area contributed by atoms with E-state index in [-0.39, 0.29) is 12.0 Å². The van der Waals surface area contributed by atoms with E-state index in [9.17, 15) is 19.1 Å². The van der Waals surface area contributed by atoms with Gasteiger partial charge in [0.2, 0.25) is 5.88 Å². The minimum Gasteiger partial charge on any atom is -0.496 e. The van der Waals surface area contributed by atoms with Gasteiger partial charge >= 0.3 is 5.97 Å². The van der Waals surface area contributed by atoms with E-state index in [0.29, 0.717) is 28.3 Å². The third-order valence-electron chi connectivity index (χ3n) is 6.05. The highest BCUT2D eigenvalue weighted by atomic mass is 19.1. The number of amides is 1. The van der Waals surface area contributed by atoms with E-state index >= 15 is 0 Å². The van der Waals surface area contributed by atoms with Crippen molar-refractivity contribution >= 4 is 22.6 Å². The van der Waals surface area contributed by atoms with Crippen molar-refractivity contribution in [1.29, 1.82) is 0 Å². The molecular formula is C28H25FN2O5. The number of halogens is 1. The second-order valence-corrected chi connectivity index (χ2v) is 8.22. The first kappa shape index (κ1) is 24.7. The highest BCUT2D eigenvalue weighted by molar-refractivity contribution is 6.01. The Morgan fingerprint density at radius 3 is 2.42 bits per heavy atom. The number of hydrogen-bond donors (Lipinski definition) is 2. The molecule has 0 spiro atoms. The molecule has 36 heavy (non-hydrogen) atoms. The summed E-state index contributed by atoms with van der Waals surface area (Å²) in [4.78, 5) is 29.2. The average Bonchev–Trinajstić information content (AvgIpc) is 2.87. The third kappa shape index (κ3) is 4.70. The number of nitrogens with zero attached hydrogens (tertiary/aromatic N) is 1. The molecule has 0 unspecified atom stereocenters. The van der Waals surface area contributed by atoms with Crippen LogP contribution in [0.5, 0.6) is 11.6 Å². The summed E-state index contributed by atoms with van der Waals surface area (Å²) in [5.74, 6) is -1.73. The van der Waals surface area contributed by atoms with Crippen LogP contribution in [0.4, 0.5) is 4.39 Å². The number of methoxy groups -OCH3 is 2. The SMILES string of the molecule is COc1ccnc(OC)c1-c1cccc2c(C[C@H](NC(=O)c3c(C)cccc3F)C(=O)O)cccc12. The second-order valence-electron chi connectivity index (χ2n) is 8.22. The van der Waals surface area contributed by atoms with Gasteiger partial charge in [-0.15, -0.1) is 0 Å². The number of carbonyl (C=O) groups excluding carboxylic acids is 1. The molecule has 4 rings (SSSR count). The van der Waals surface area contributed by atoms with Crippen molar-refractivity contribution in [2.45, 2.75) is 19.4 Å². The number of aryl methyl sites for hydroxylation is 1. The molecule has 0 aliphatic heterocycles. The fourth-order valence-electron chi connectivity index (χ4n) is 4.34. The van der Waals surface area contributed by atoms with Crippen LogP contribution in [-0.4, -0.2) is 42.2 Å². The van der Waals surface area contributed by atoms with Crippen molar-refractivity contribution in [2.24, 2.45) is 0 Å². The van der Waals surface area contributed by atoms with Crippen molar-refractivity contribution in [3.63, 3.8) is 0 Å². The van der Waals surface area contributed by atoms with Gasteiger partial charge in [-0.25, -0.2) is 14.2 Å². The standard InChI is InChI=1S/C28H25FN2O5/c1-16-7-4-12-21(29)24(16)26(32)31-22(28(33)34)15-17-8-5-10-19-18(17)9-6-11-20(19)25-23(35-2)13-14-30-27(25)36-3/h4-14,22H,15H2,1-3H3,(H,31,32)(H,33,34)/t22-/m0/s1. The molecule has 0 fully saturated rings. The summed E-state index contributed by atoms with van der Waals surface area (Å²) >= 11 is 0. The fraction of sp³-hybridized carbons (Fsp3) is 0.179. The summed E-state index contributed by atoms with van der Waals surface area (Å²) in [6, 6.07) is 15.9. The maximum Gasteiger partial charge on any atom is 0.326 e. The van der Waals surface area contributed by atoms with Gasteiger partial charge in [0.15, 0.2) is 0 Å². The zero-order valence-corrected chi connectivity index (χ0v) is 20.0. The third-order valence-corrected chi connectivity index (χ3v) is 6.05. The molecule has 1 amide bonds. The molecular weight excluding hydrogens is 463 g/mol. The Hall–Kier alpha value is -4.46. The van der Waals surface area contributed by atoms with Gasteiger partial charge in [0.05, 0.1) is 25.3 Å². The molecule has 0 saturated heterocycles. The number of carbonyl (C=O) groups is 2. The first-order valence-electron chi connectivity index (χ1n) is 11.2. The van der Waals surface area contributed by atoms with Crippen molar-refractivity contribution in [3.05, 3.63) is 89.4 Å². The summed E-state index contributed by atoms with van der Waals surface area (Å²) in [6.07, 6.45) is 1.59.